The van der Waals surface area contributed by atoms with Crippen LogP contribution >= 0.6 is 15.9 Å². The van der Waals surface area contributed by atoms with E-state index in [0.717, 1.165) is 10.3 Å². The van der Waals surface area contributed by atoms with Gasteiger partial charge in [0.25, 0.3) is 0 Å². The summed E-state index contributed by atoms with van der Waals surface area (Å²) in [6, 6.07) is 3.57. The van der Waals surface area contributed by atoms with Gasteiger partial charge in [0.1, 0.15) is 11.1 Å². The van der Waals surface area contributed by atoms with Crippen LogP contribution in [0.4, 0.5) is 5.69 Å². The third-order valence-corrected chi connectivity index (χ3v) is 2.55. The Kier molecular flexibility index (Phi) is 3.48. The Labute approximate surface area is 106 Å². The first-order valence-electron chi connectivity index (χ1n) is 4.92. The van der Waals surface area contributed by atoms with Gasteiger partial charge in [-0.1, -0.05) is 5.21 Å². The second kappa shape index (κ2) is 5.05. The quantitative estimate of drug-likeness (QED) is 0.869. The molecule has 0 bridgehead atoms. The second-order valence-electron chi connectivity index (χ2n) is 3.42. The standard InChI is InChI=1S/C10H10BrN5O/c1-7-8(2-3-9(11)13-7)14-10(17)6-16-5-4-12-15-16/h2-5H,6H2,1H3,(H,14,17). The molecule has 0 saturated carbocycles. The van der Waals surface area contributed by atoms with Crippen LogP contribution in [0.2, 0.25) is 0 Å². The van der Waals surface area contributed by atoms with Gasteiger partial charge in [-0.15, -0.1) is 5.10 Å². The molecule has 6 nitrogen and oxygen atoms in total. The number of rotatable bonds is 3. The lowest BCUT2D eigenvalue weighted by molar-refractivity contribution is -0.116. The van der Waals surface area contributed by atoms with Crippen LogP contribution in [0, 0.1) is 6.92 Å². The van der Waals surface area contributed by atoms with E-state index in [9.17, 15) is 4.79 Å². The molecule has 0 atom stereocenters. The van der Waals surface area contributed by atoms with Gasteiger partial charge in [-0.3, -0.25) is 4.79 Å². The third kappa shape index (κ3) is 3.10. The summed E-state index contributed by atoms with van der Waals surface area (Å²) in [6.45, 7) is 1.96. The van der Waals surface area contributed by atoms with Crippen molar-refractivity contribution in [1.29, 1.82) is 0 Å². The average molecular weight is 296 g/mol. The van der Waals surface area contributed by atoms with Crippen molar-refractivity contribution >= 4 is 27.5 Å². The van der Waals surface area contributed by atoms with Crippen LogP contribution in [0.25, 0.3) is 0 Å². The number of halogens is 1. The normalized spacial score (nSPS) is 10.2. The molecule has 0 unspecified atom stereocenters. The molecule has 17 heavy (non-hydrogen) atoms. The zero-order valence-electron chi connectivity index (χ0n) is 9.09. The molecule has 2 heterocycles. The smallest absolute Gasteiger partial charge is 0.246 e. The van der Waals surface area contributed by atoms with Crippen molar-refractivity contribution < 1.29 is 4.79 Å². The highest BCUT2D eigenvalue weighted by Crippen LogP contribution is 2.15. The van der Waals surface area contributed by atoms with E-state index in [1.807, 2.05) is 6.92 Å². The summed E-state index contributed by atoms with van der Waals surface area (Å²) in [4.78, 5) is 15.9. The zero-order valence-corrected chi connectivity index (χ0v) is 10.7. The fourth-order valence-electron chi connectivity index (χ4n) is 1.32. The molecule has 2 aromatic rings. The van der Waals surface area contributed by atoms with Crippen LogP contribution in [0.5, 0.6) is 0 Å². The Bertz CT molecular complexity index is 525. The summed E-state index contributed by atoms with van der Waals surface area (Å²) in [7, 11) is 0. The van der Waals surface area contributed by atoms with E-state index < -0.39 is 0 Å². The lowest BCUT2D eigenvalue weighted by Crippen LogP contribution is -2.19. The van der Waals surface area contributed by atoms with Crippen molar-refractivity contribution in [1.82, 2.24) is 20.0 Å². The van der Waals surface area contributed by atoms with Gasteiger partial charge in [-0.05, 0) is 35.0 Å². The molecular weight excluding hydrogens is 286 g/mol. The van der Waals surface area contributed by atoms with Crippen LogP contribution in [-0.4, -0.2) is 25.9 Å². The first-order valence-corrected chi connectivity index (χ1v) is 5.71. The van der Waals surface area contributed by atoms with Crippen LogP contribution < -0.4 is 5.32 Å². The number of hydrogen-bond acceptors (Lipinski definition) is 4. The van der Waals surface area contributed by atoms with Crippen LogP contribution in [-0.2, 0) is 11.3 Å². The minimum absolute atomic E-state index is 0.134. The largest absolute Gasteiger partial charge is 0.323 e. The highest BCUT2D eigenvalue weighted by Gasteiger charge is 2.06. The van der Waals surface area contributed by atoms with Gasteiger partial charge in [0.05, 0.1) is 17.6 Å². The topological polar surface area (TPSA) is 72.7 Å². The van der Waals surface area contributed by atoms with E-state index in [2.05, 4.69) is 36.5 Å². The van der Waals surface area contributed by atoms with Crippen molar-refractivity contribution in [3.05, 3.63) is 34.8 Å². The van der Waals surface area contributed by atoms with E-state index in [1.165, 1.54) is 10.9 Å². The van der Waals surface area contributed by atoms with Gasteiger partial charge in [-0.25, -0.2) is 9.67 Å². The number of carbonyl (C=O) groups excluding carboxylic acids is 1. The maximum absolute atomic E-state index is 11.7. The molecule has 0 aliphatic rings. The Morgan fingerprint density at radius 3 is 3.00 bits per heavy atom. The molecule has 0 radical (unpaired) electrons. The minimum atomic E-state index is -0.164. The van der Waals surface area contributed by atoms with Gasteiger partial charge in [0, 0.05) is 6.20 Å². The maximum Gasteiger partial charge on any atom is 0.246 e. The number of nitrogens with one attached hydrogen (secondary N) is 1. The number of pyridine rings is 1. The fraction of sp³-hybridized carbons (Fsp3) is 0.200. The van der Waals surface area contributed by atoms with Crippen molar-refractivity contribution in [2.45, 2.75) is 13.5 Å². The molecule has 1 N–H and O–H groups in total. The molecule has 0 fully saturated rings. The maximum atomic E-state index is 11.7. The Balaban J connectivity index is 2.03. The highest BCUT2D eigenvalue weighted by molar-refractivity contribution is 9.10. The predicted molar refractivity (Wildman–Crippen MR) is 65.3 cm³/mol. The molecule has 88 valence electrons. The fourth-order valence-corrected chi connectivity index (χ4v) is 1.71. The van der Waals surface area contributed by atoms with Gasteiger partial charge in [0.2, 0.25) is 5.91 Å². The van der Waals surface area contributed by atoms with Crippen molar-refractivity contribution in [2.24, 2.45) is 0 Å². The number of anilines is 1. The molecular formula is C10H10BrN5O. The number of nitrogens with zero attached hydrogens (tertiary/aromatic N) is 4. The van der Waals surface area contributed by atoms with E-state index in [-0.39, 0.29) is 12.5 Å². The number of aryl methyl sites for hydroxylation is 1. The summed E-state index contributed by atoms with van der Waals surface area (Å²) in [5.74, 6) is -0.164. The molecule has 7 heteroatoms. The van der Waals surface area contributed by atoms with Gasteiger partial charge >= 0.3 is 0 Å². The molecule has 2 rings (SSSR count). The molecule has 0 aliphatic heterocycles. The van der Waals surface area contributed by atoms with Gasteiger partial charge in [0.15, 0.2) is 0 Å². The van der Waals surface area contributed by atoms with Crippen molar-refractivity contribution in [3.63, 3.8) is 0 Å². The first kappa shape index (κ1) is 11.7. The van der Waals surface area contributed by atoms with E-state index >= 15 is 0 Å². The summed E-state index contributed by atoms with van der Waals surface area (Å²) in [5, 5.41) is 10.1. The number of amides is 1. The number of hydrogen-bond donors (Lipinski definition) is 1. The summed E-state index contributed by atoms with van der Waals surface area (Å²) in [6.07, 6.45) is 3.16. The summed E-state index contributed by atoms with van der Waals surface area (Å²) < 4.78 is 2.20. The first-order chi connectivity index (χ1) is 8.15. The number of aromatic nitrogens is 4. The lowest BCUT2D eigenvalue weighted by atomic mass is 10.3. The SMILES string of the molecule is Cc1nc(Br)ccc1NC(=O)Cn1ccnn1. The number of carbonyl (C=O) groups is 1. The highest BCUT2D eigenvalue weighted by atomic mass is 79.9. The summed E-state index contributed by atoms with van der Waals surface area (Å²) in [5.41, 5.74) is 1.45. The molecule has 0 aliphatic carbocycles. The predicted octanol–water partition coefficient (Wildman–Crippen LogP) is 1.38. The molecule has 1 amide bonds. The Morgan fingerprint density at radius 2 is 2.35 bits per heavy atom. The second-order valence-corrected chi connectivity index (χ2v) is 4.23. The van der Waals surface area contributed by atoms with E-state index in [1.54, 1.807) is 18.3 Å². The van der Waals surface area contributed by atoms with E-state index in [4.69, 9.17) is 0 Å². The van der Waals surface area contributed by atoms with Crippen LogP contribution in [0.3, 0.4) is 0 Å². The molecule has 0 spiro atoms. The molecule has 2 aromatic heterocycles. The van der Waals surface area contributed by atoms with Crippen molar-refractivity contribution in [3.8, 4) is 0 Å². The van der Waals surface area contributed by atoms with Gasteiger partial charge < -0.3 is 5.32 Å². The minimum Gasteiger partial charge on any atom is -0.323 e. The Morgan fingerprint density at radius 1 is 1.53 bits per heavy atom. The molecule has 0 saturated heterocycles. The van der Waals surface area contributed by atoms with Crippen LogP contribution in [0.15, 0.2) is 29.1 Å². The Hall–Kier alpha value is -1.76. The molecule has 0 aromatic carbocycles. The lowest BCUT2D eigenvalue weighted by Gasteiger charge is -2.07. The zero-order chi connectivity index (χ0) is 12.3. The van der Waals surface area contributed by atoms with Gasteiger partial charge in [-0.2, -0.15) is 0 Å². The monoisotopic (exact) mass is 295 g/mol. The van der Waals surface area contributed by atoms with Crippen LogP contribution in [0.1, 0.15) is 5.69 Å². The van der Waals surface area contributed by atoms with Crippen molar-refractivity contribution in [2.75, 3.05) is 5.32 Å². The summed E-state index contributed by atoms with van der Waals surface area (Å²) >= 11 is 3.26. The average Bonchev–Trinajstić information content (AvgIpc) is 2.75. The van der Waals surface area contributed by atoms with E-state index in [0.29, 0.717) is 5.69 Å². The third-order valence-electron chi connectivity index (χ3n) is 2.10.